The van der Waals surface area contributed by atoms with Crippen LogP contribution in [-0.2, 0) is 4.74 Å². The highest BCUT2D eigenvalue weighted by atomic mass is 16.5. The lowest BCUT2D eigenvalue weighted by atomic mass is 9.79. The van der Waals surface area contributed by atoms with E-state index in [0.29, 0.717) is 0 Å². The second-order valence-electron chi connectivity index (χ2n) is 4.69. The summed E-state index contributed by atoms with van der Waals surface area (Å²) >= 11 is 0. The molecule has 1 saturated carbocycles. The predicted octanol–water partition coefficient (Wildman–Crippen LogP) is 2.83. The average molecular weight is 213 g/mol. The zero-order chi connectivity index (χ0) is 10.9. The Morgan fingerprint density at radius 2 is 1.87 bits per heavy atom. The highest BCUT2D eigenvalue weighted by Gasteiger charge is 2.24. The second kappa shape index (κ2) is 8.12. The number of ether oxygens (including phenoxy) is 1. The van der Waals surface area contributed by atoms with Gasteiger partial charge in [-0.3, -0.25) is 0 Å². The lowest BCUT2D eigenvalue weighted by Crippen LogP contribution is -2.32. The molecular weight excluding hydrogens is 186 g/mol. The molecule has 1 aliphatic rings. The Morgan fingerprint density at radius 3 is 2.53 bits per heavy atom. The Bertz CT molecular complexity index is 149. The van der Waals surface area contributed by atoms with Crippen LogP contribution in [0, 0.1) is 11.8 Å². The maximum absolute atomic E-state index is 5.70. The van der Waals surface area contributed by atoms with Crippen molar-refractivity contribution in [3.8, 4) is 0 Å². The molecule has 90 valence electrons. The molecule has 0 aromatic carbocycles. The lowest BCUT2D eigenvalue weighted by molar-refractivity contribution is 0.0593. The fourth-order valence-corrected chi connectivity index (χ4v) is 2.48. The predicted molar refractivity (Wildman–Crippen MR) is 65.1 cm³/mol. The van der Waals surface area contributed by atoms with E-state index in [1.165, 1.54) is 32.2 Å². The second-order valence-corrected chi connectivity index (χ2v) is 4.69. The topological polar surface area (TPSA) is 21.3 Å². The van der Waals surface area contributed by atoms with E-state index >= 15 is 0 Å². The first kappa shape index (κ1) is 13.0. The van der Waals surface area contributed by atoms with E-state index in [-0.39, 0.29) is 0 Å². The van der Waals surface area contributed by atoms with Crippen LogP contribution in [0.5, 0.6) is 0 Å². The molecule has 2 nitrogen and oxygen atoms in total. The molecule has 1 aliphatic carbocycles. The van der Waals surface area contributed by atoms with Gasteiger partial charge in [0.1, 0.15) is 0 Å². The van der Waals surface area contributed by atoms with Crippen molar-refractivity contribution in [2.24, 2.45) is 11.8 Å². The first-order valence-corrected chi connectivity index (χ1v) is 6.66. The Labute approximate surface area is 94.8 Å². The van der Waals surface area contributed by atoms with Gasteiger partial charge in [0.15, 0.2) is 0 Å². The summed E-state index contributed by atoms with van der Waals surface area (Å²) in [5.41, 5.74) is 0. The van der Waals surface area contributed by atoms with Gasteiger partial charge in [-0.1, -0.05) is 26.7 Å². The number of hydrogen-bond acceptors (Lipinski definition) is 2. The first-order valence-electron chi connectivity index (χ1n) is 6.66. The minimum atomic E-state index is 0.810. The van der Waals surface area contributed by atoms with Crippen molar-refractivity contribution in [1.82, 2.24) is 5.32 Å². The Morgan fingerprint density at radius 1 is 1.13 bits per heavy atom. The van der Waals surface area contributed by atoms with Gasteiger partial charge in [-0.2, -0.15) is 0 Å². The van der Waals surface area contributed by atoms with E-state index < -0.39 is 0 Å². The van der Waals surface area contributed by atoms with E-state index in [1.54, 1.807) is 0 Å². The number of rotatable bonds is 7. The van der Waals surface area contributed by atoms with E-state index in [4.69, 9.17) is 4.74 Å². The summed E-state index contributed by atoms with van der Waals surface area (Å²) < 4.78 is 5.70. The summed E-state index contributed by atoms with van der Waals surface area (Å²) in [6.07, 6.45) is 6.74. The van der Waals surface area contributed by atoms with Gasteiger partial charge < -0.3 is 10.1 Å². The monoisotopic (exact) mass is 213 g/mol. The van der Waals surface area contributed by atoms with Gasteiger partial charge in [0.2, 0.25) is 0 Å². The molecule has 0 aromatic rings. The van der Waals surface area contributed by atoms with Crippen molar-refractivity contribution in [1.29, 1.82) is 0 Å². The SMILES string of the molecule is CCCOCC1CCCCC1CNCC. The molecule has 0 aliphatic heterocycles. The van der Waals surface area contributed by atoms with Crippen molar-refractivity contribution in [2.45, 2.75) is 46.0 Å². The van der Waals surface area contributed by atoms with Crippen LogP contribution in [0.1, 0.15) is 46.0 Å². The van der Waals surface area contributed by atoms with Crippen LogP contribution in [0.3, 0.4) is 0 Å². The Hall–Kier alpha value is -0.0800. The molecule has 2 heteroatoms. The summed E-state index contributed by atoms with van der Waals surface area (Å²) in [7, 11) is 0. The molecule has 0 saturated heterocycles. The average Bonchev–Trinajstić information content (AvgIpc) is 2.28. The van der Waals surface area contributed by atoms with E-state index in [1.807, 2.05) is 0 Å². The molecule has 0 radical (unpaired) electrons. The van der Waals surface area contributed by atoms with Crippen LogP contribution in [0.15, 0.2) is 0 Å². The molecular formula is C13H27NO. The normalized spacial score (nSPS) is 26.8. The van der Waals surface area contributed by atoms with Crippen molar-refractivity contribution in [2.75, 3.05) is 26.3 Å². The molecule has 1 rings (SSSR count). The third-order valence-corrected chi connectivity index (χ3v) is 3.40. The molecule has 1 N–H and O–H groups in total. The highest BCUT2D eigenvalue weighted by Crippen LogP contribution is 2.29. The van der Waals surface area contributed by atoms with Gasteiger partial charge in [0, 0.05) is 13.2 Å². The molecule has 15 heavy (non-hydrogen) atoms. The first-order chi connectivity index (χ1) is 7.38. The van der Waals surface area contributed by atoms with E-state index in [0.717, 1.165) is 38.0 Å². The van der Waals surface area contributed by atoms with Crippen LogP contribution in [-0.4, -0.2) is 26.3 Å². The maximum Gasteiger partial charge on any atom is 0.0497 e. The van der Waals surface area contributed by atoms with Crippen LogP contribution < -0.4 is 5.32 Å². The molecule has 0 aromatic heterocycles. The number of hydrogen-bond donors (Lipinski definition) is 1. The minimum absolute atomic E-state index is 0.810. The van der Waals surface area contributed by atoms with Crippen molar-refractivity contribution < 1.29 is 4.74 Å². The quantitative estimate of drug-likeness (QED) is 0.657. The largest absolute Gasteiger partial charge is 0.381 e. The van der Waals surface area contributed by atoms with Crippen LogP contribution in [0.2, 0.25) is 0 Å². The Kier molecular flexibility index (Phi) is 7.03. The van der Waals surface area contributed by atoms with Crippen molar-refractivity contribution >= 4 is 0 Å². The fraction of sp³-hybridized carbons (Fsp3) is 1.00. The molecule has 0 amide bonds. The standard InChI is InChI=1S/C13H27NO/c1-3-9-15-11-13-8-6-5-7-12(13)10-14-4-2/h12-14H,3-11H2,1-2H3. The minimum Gasteiger partial charge on any atom is -0.381 e. The summed E-state index contributed by atoms with van der Waals surface area (Å²) in [4.78, 5) is 0. The molecule has 0 heterocycles. The lowest BCUT2D eigenvalue weighted by Gasteiger charge is -2.31. The third-order valence-electron chi connectivity index (χ3n) is 3.40. The Balaban J connectivity index is 2.22. The summed E-state index contributed by atoms with van der Waals surface area (Å²) in [6, 6.07) is 0. The highest BCUT2D eigenvalue weighted by molar-refractivity contribution is 4.76. The third kappa shape index (κ3) is 4.98. The summed E-state index contributed by atoms with van der Waals surface area (Å²) in [5.74, 6) is 1.67. The molecule has 1 fully saturated rings. The van der Waals surface area contributed by atoms with Crippen molar-refractivity contribution in [3.63, 3.8) is 0 Å². The van der Waals surface area contributed by atoms with Gasteiger partial charge >= 0.3 is 0 Å². The number of nitrogens with one attached hydrogen (secondary N) is 1. The van der Waals surface area contributed by atoms with Crippen LogP contribution in [0.4, 0.5) is 0 Å². The zero-order valence-corrected chi connectivity index (χ0v) is 10.4. The van der Waals surface area contributed by atoms with Gasteiger partial charge in [0.25, 0.3) is 0 Å². The van der Waals surface area contributed by atoms with Crippen molar-refractivity contribution in [3.05, 3.63) is 0 Å². The van der Waals surface area contributed by atoms with Crippen LogP contribution in [0.25, 0.3) is 0 Å². The van der Waals surface area contributed by atoms with Crippen LogP contribution >= 0.6 is 0 Å². The van der Waals surface area contributed by atoms with Gasteiger partial charge in [-0.15, -0.1) is 0 Å². The zero-order valence-electron chi connectivity index (χ0n) is 10.4. The molecule has 2 atom stereocenters. The fourth-order valence-electron chi connectivity index (χ4n) is 2.48. The molecule has 0 bridgehead atoms. The van der Waals surface area contributed by atoms with E-state index in [9.17, 15) is 0 Å². The van der Waals surface area contributed by atoms with Gasteiger partial charge in [-0.05, 0) is 44.2 Å². The molecule has 2 unspecified atom stereocenters. The van der Waals surface area contributed by atoms with Gasteiger partial charge in [-0.25, -0.2) is 0 Å². The van der Waals surface area contributed by atoms with Gasteiger partial charge in [0.05, 0.1) is 0 Å². The maximum atomic E-state index is 5.70. The smallest absolute Gasteiger partial charge is 0.0497 e. The summed E-state index contributed by atoms with van der Waals surface area (Å²) in [5, 5.41) is 3.48. The van der Waals surface area contributed by atoms with E-state index in [2.05, 4.69) is 19.2 Å². The molecule has 0 spiro atoms. The summed E-state index contributed by atoms with van der Waals surface area (Å²) in [6.45, 7) is 8.58.